The molecule has 0 fully saturated rings. The molecule has 0 atom stereocenters. The van der Waals surface area contributed by atoms with Crippen LogP contribution in [0.4, 0.5) is 5.82 Å². The van der Waals surface area contributed by atoms with Gasteiger partial charge in [0, 0.05) is 6.54 Å². The zero-order valence-electron chi connectivity index (χ0n) is 10.6. The molecule has 0 amide bonds. The Balaban J connectivity index is 2.53. The predicted octanol–water partition coefficient (Wildman–Crippen LogP) is 2.11. The lowest BCUT2D eigenvalue weighted by atomic mass is 10.0. The van der Waals surface area contributed by atoms with Gasteiger partial charge in [-0.15, -0.1) is 0 Å². The summed E-state index contributed by atoms with van der Waals surface area (Å²) < 4.78 is 4.55. The van der Waals surface area contributed by atoms with Crippen molar-refractivity contribution in [1.82, 2.24) is 9.97 Å². The van der Waals surface area contributed by atoms with Crippen molar-refractivity contribution in [3.8, 4) is 0 Å². The zero-order valence-corrected chi connectivity index (χ0v) is 10.6. The Labute approximate surface area is 102 Å². The molecule has 0 saturated carbocycles. The van der Waals surface area contributed by atoms with Crippen LogP contribution in [0.25, 0.3) is 0 Å². The van der Waals surface area contributed by atoms with Gasteiger partial charge >= 0.3 is 5.97 Å². The summed E-state index contributed by atoms with van der Waals surface area (Å²) >= 11 is 0. The molecule has 0 spiro atoms. The zero-order chi connectivity index (χ0) is 12.7. The third kappa shape index (κ3) is 4.01. The largest absolute Gasteiger partial charge is 0.464 e. The fraction of sp³-hybridized carbons (Fsp3) is 0.583. The van der Waals surface area contributed by atoms with E-state index in [9.17, 15) is 4.79 Å². The van der Waals surface area contributed by atoms with Gasteiger partial charge in [-0.1, -0.05) is 26.7 Å². The lowest BCUT2D eigenvalue weighted by Gasteiger charge is -2.13. The second-order valence-electron chi connectivity index (χ2n) is 3.84. The highest BCUT2D eigenvalue weighted by atomic mass is 16.5. The number of hydrogen-bond acceptors (Lipinski definition) is 5. The van der Waals surface area contributed by atoms with Crippen LogP contribution in [-0.2, 0) is 4.74 Å². The molecule has 0 bridgehead atoms. The Hall–Kier alpha value is -1.65. The summed E-state index contributed by atoms with van der Waals surface area (Å²) in [4.78, 5) is 19.2. The first-order valence-electron chi connectivity index (χ1n) is 5.85. The predicted molar refractivity (Wildman–Crippen MR) is 65.9 cm³/mol. The summed E-state index contributed by atoms with van der Waals surface area (Å²) in [5, 5.41) is 3.21. The maximum Gasteiger partial charge on any atom is 0.358 e. The van der Waals surface area contributed by atoms with Crippen LogP contribution in [0.1, 0.15) is 37.2 Å². The Morgan fingerprint density at radius 1 is 1.35 bits per heavy atom. The van der Waals surface area contributed by atoms with E-state index >= 15 is 0 Å². The van der Waals surface area contributed by atoms with E-state index < -0.39 is 5.97 Å². The molecule has 1 heterocycles. The Morgan fingerprint density at radius 3 is 2.53 bits per heavy atom. The number of aromatic nitrogens is 2. The van der Waals surface area contributed by atoms with Crippen molar-refractivity contribution in [2.75, 3.05) is 19.0 Å². The molecule has 94 valence electrons. The molecular weight excluding hydrogens is 218 g/mol. The Bertz CT molecular complexity index is 347. The van der Waals surface area contributed by atoms with Gasteiger partial charge in [-0.05, 0) is 5.92 Å². The second-order valence-corrected chi connectivity index (χ2v) is 3.84. The minimum absolute atomic E-state index is 0.223. The van der Waals surface area contributed by atoms with E-state index in [2.05, 4.69) is 33.9 Å². The fourth-order valence-corrected chi connectivity index (χ4v) is 1.46. The van der Waals surface area contributed by atoms with Gasteiger partial charge in [0.05, 0.1) is 19.5 Å². The van der Waals surface area contributed by atoms with Crippen molar-refractivity contribution in [1.29, 1.82) is 0 Å². The monoisotopic (exact) mass is 237 g/mol. The molecule has 0 aliphatic rings. The normalized spacial score (nSPS) is 10.4. The quantitative estimate of drug-likeness (QED) is 0.768. The number of nitrogens with one attached hydrogen (secondary N) is 1. The molecule has 0 aromatic carbocycles. The molecule has 0 unspecified atom stereocenters. The lowest BCUT2D eigenvalue weighted by Crippen LogP contribution is -2.14. The van der Waals surface area contributed by atoms with E-state index in [0.29, 0.717) is 11.7 Å². The molecule has 1 rings (SSSR count). The van der Waals surface area contributed by atoms with Gasteiger partial charge in [-0.2, -0.15) is 0 Å². The number of hydrogen-bond donors (Lipinski definition) is 1. The van der Waals surface area contributed by atoms with Gasteiger partial charge < -0.3 is 10.1 Å². The summed E-state index contributed by atoms with van der Waals surface area (Å²) in [5.74, 6) is 0.852. The molecule has 0 aliphatic heterocycles. The van der Waals surface area contributed by atoms with Crippen LogP contribution in [0.3, 0.4) is 0 Å². The van der Waals surface area contributed by atoms with Crippen LogP contribution in [-0.4, -0.2) is 29.6 Å². The lowest BCUT2D eigenvalue weighted by molar-refractivity contribution is 0.0593. The van der Waals surface area contributed by atoms with Crippen LogP contribution >= 0.6 is 0 Å². The summed E-state index contributed by atoms with van der Waals surface area (Å²) in [6.07, 6.45) is 5.24. The van der Waals surface area contributed by atoms with Crippen molar-refractivity contribution >= 4 is 11.8 Å². The summed E-state index contributed by atoms with van der Waals surface area (Å²) in [6, 6.07) is 0. The van der Waals surface area contributed by atoms with Crippen LogP contribution in [0, 0.1) is 5.92 Å². The number of carbonyl (C=O) groups excluding carboxylic acids is 1. The number of carbonyl (C=O) groups is 1. The van der Waals surface area contributed by atoms with Crippen molar-refractivity contribution in [3.05, 3.63) is 18.1 Å². The Morgan fingerprint density at radius 2 is 2.06 bits per heavy atom. The van der Waals surface area contributed by atoms with Gasteiger partial charge in [0.25, 0.3) is 0 Å². The Kier molecular flexibility index (Phi) is 5.39. The topological polar surface area (TPSA) is 64.1 Å². The highest BCUT2D eigenvalue weighted by Gasteiger charge is 2.08. The minimum Gasteiger partial charge on any atom is -0.464 e. The van der Waals surface area contributed by atoms with E-state index in [1.165, 1.54) is 13.3 Å². The van der Waals surface area contributed by atoms with Crippen molar-refractivity contribution in [2.24, 2.45) is 5.92 Å². The molecule has 17 heavy (non-hydrogen) atoms. The standard InChI is InChI=1S/C12H19N3O2/c1-4-9(5-2)6-14-11-8-13-10(7-15-11)12(16)17-3/h7-9H,4-6H2,1-3H3,(H,14,15). The van der Waals surface area contributed by atoms with Crippen molar-refractivity contribution in [2.45, 2.75) is 26.7 Å². The van der Waals surface area contributed by atoms with E-state index in [0.717, 1.165) is 19.4 Å². The number of anilines is 1. The first-order valence-corrected chi connectivity index (χ1v) is 5.85. The molecule has 0 saturated heterocycles. The highest BCUT2D eigenvalue weighted by molar-refractivity contribution is 5.86. The first kappa shape index (κ1) is 13.4. The van der Waals surface area contributed by atoms with Gasteiger partial charge in [0.15, 0.2) is 5.69 Å². The molecule has 0 aliphatic carbocycles. The number of ether oxygens (including phenoxy) is 1. The molecule has 1 N–H and O–H groups in total. The summed E-state index contributed by atoms with van der Waals surface area (Å²) in [6.45, 7) is 5.21. The van der Waals surface area contributed by atoms with Gasteiger partial charge in [0.2, 0.25) is 0 Å². The van der Waals surface area contributed by atoms with Crippen molar-refractivity contribution in [3.63, 3.8) is 0 Å². The number of rotatable bonds is 6. The van der Waals surface area contributed by atoms with Gasteiger partial charge in [-0.3, -0.25) is 0 Å². The summed E-state index contributed by atoms with van der Waals surface area (Å²) in [5.41, 5.74) is 0.223. The average molecular weight is 237 g/mol. The maximum atomic E-state index is 11.1. The van der Waals surface area contributed by atoms with Crippen LogP contribution in [0.15, 0.2) is 12.4 Å². The molecule has 5 nitrogen and oxygen atoms in total. The van der Waals surface area contributed by atoms with E-state index in [1.807, 2.05) is 0 Å². The van der Waals surface area contributed by atoms with E-state index in [1.54, 1.807) is 6.20 Å². The molecule has 1 aromatic heterocycles. The van der Waals surface area contributed by atoms with Crippen LogP contribution in [0.2, 0.25) is 0 Å². The maximum absolute atomic E-state index is 11.1. The second kappa shape index (κ2) is 6.83. The van der Waals surface area contributed by atoms with E-state index in [4.69, 9.17) is 0 Å². The van der Waals surface area contributed by atoms with Crippen molar-refractivity contribution < 1.29 is 9.53 Å². The number of nitrogens with zero attached hydrogens (tertiary/aromatic N) is 2. The van der Waals surface area contributed by atoms with Gasteiger partial charge in [-0.25, -0.2) is 14.8 Å². The SMILES string of the molecule is CCC(CC)CNc1cnc(C(=O)OC)cn1. The fourth-order valence-electron chi connectivity index (χ4n) is 1.46. The minimum atomic E-state index is -0.468. The van der Waals surface area contributed by atoms with E-state index in [-0.39, 0.29) is 5.69 Å². The third-order valence-corrected chi connectivity index (χ3v) is 2.77. The molecular formula is C12H19N3O2. The third-order valence-electron chi connectivity index (χ3n) is 2.77. The number of esters is 1. The summed E-state index contributed by atoms with van der Waals surface area (Å²) in [7, 11) is 1.32. The smallest absolute Gasteiger partial charge is 0.358 e. The highest BCUT2D eigenvalue weighted by Crippen LogP contribution is 2.09. The molecule has 0 radical (unpaired) electrons. The van der Waals surface area contributed by atoms with Gasteiger partial charge in [0.1, 0.15) is 5.82 Å². The first-order chi connectivity index (χ1) is 8.21. The molecule has 1 aromatic rings. The molecule has 5 heteroatoms. The van der Waals surface area contributed by atoms with Crippen LogP contribution in [0.5, 0.6) is 0 Å². The average Bonchev–Trinajstić information content (AvgIpc) is 2.39. The number of methoxy groups -OCH3 is 1. The van der Waals surface area contributed by atoms with Crippen LogP contribution < -0.4 is 5.32 Å².